The first-order valence-electron chi connectivity index (χ1n) is 6.14. The van der Waals surface area contributed by atoms with Crippen LogP contribution in [-0.2, 0) is 0 Å². The van der Waals surface area contributed by atoms with Crippen LogP contribution in [-0.4, -0.2) is 0 Å². The summed E-state index contributed by atoms with van der Waals surface area (Å²) in [5, 5.41) is 0. The average molecular weight is 224 g/mol. The molecule has 0 fully saturated rings. The highest BCUT2D eigenvalue weighted by Crippen LogP contribution is 2.29. The SMILES string of the molecule is Cc1ccc(-c2cc(C)c(C)cc2C)c(C)c1. The number of aryl methyl sites for hydroxylation is 5. The second-order valence-electron chi connectivity index (χ2n) is 5.07. The zero-order chi connectivity index (χ0) is 12.6. The van der Waals surface area contributed by atoms with Crippen LogP contribution in [0.4, 0.5) is 0 Å². The number of hydrogen-bond acceptors (Lipinski definition) is 0. The summed E-state index contributed by atoms with van der Waals surface area (Å²) < 4.78 is 0. The first kappa shape index (κ1) is 11.9. The van der Waals surface area contributed by atoms with E-state index >= 15 is 0 Å². The van der Waals surface area contributed by atoms with Crippen molar-refractivity contribution in [2.45, 2.75) is 34.6 Å². The van der Waals surface area contributed by atoms with Gasteiger partial charge in [0.2, 0.25) is 0 Å². The van der Waals surface area contributed by atoms with Gasteiger partial charge in [0.25, 0.3) is 0 Å². The fourth-order valence-corrected chi connectivity index (χ4v) is 2.37. The normalized spacial score (nSPS) is 10.6. The van der Waals surface area contributed by atoms with E-state index in [1.165, 1.54) is 38.9 Å². The van der Waals surface area contributed by atoms with Crippen LogP contribution in [0.3, 0.4) is 0 Å². The van der Waals surface area contributed by atoms with Crippen LogP contribution in [0.1, 0.15) is 27.8 Å². The second-order valence-corrected chi connectivity index (χ2v) is 5.07. The molecule has 0 heterocycles. The van der Waals surface area contributed by atoms with E-state index in [0.717, 1.165) is 0 Å². The molecule has 0 atom stereocenters. The molecule has 0 spiro atoms. The topological polar surface area (TPSA) is 0 Å². The van der Waals surface area contributed by atoms with Crippen LogP contribution < -0.4 is 0 Å². The van der Waals surface area contributed by atoms with Crippen molar-refractivity contribution in [2.75, 3.05) is 0 Å². The Balaban J connectivity index is 2.64. The molecule has 0 bridgehead atoms. The molecule has 0 aliphatic carbocycles. The quantitative estimate of drug-likeness (QED) is 0.646. The lowest BCUT2D eigenvalue weighted by molar-refractivity contribution is 1.29. The van der Waals surface area contributed by atoms with Gasteiger partial charge in [-0.15, -0.1) is 0 Å². The zero-order valence-electron chi connectivity index (χ0n) is 11.4. The smallest absolute Gasteiger partial charge is 0.0149 e. The van der Waals surface area contributed by atoms with Gasteiger partial charge >= 0.3 is 0 Å². The molecule has 0 amide bonds. The third-order valence-corrected chi connectivity index (χ3v) is 3.51. The van der Waals surface area contributed by atoms with E-state index < -0.39 is 0 Å². The molecule has 0 heteroatoms. The molecule has 0 aromatic heterocycles. The van der Waals surface area contributed by atoms with Gasteiger partial charge in [0.1, 0.15) is 0 Å². The van der Waals surface area contributed by atoms with Gasteiger partial charge in [-0.3, -0.25) is 0 Å². The summed E-state index contributed by atoms with van der Waals surface area (Å²) in [5.41, 5.74) is 9.51. The summed E-state index contributed by atoms with van der Waals surface area (Å²) in [6.45, 7) is 10.9. The van der Waals surface area contributed by atoms with E-state index in [1.54, 1.807) is 0 Å². The Hall–Kier alpha value is -1.56. The number of benzene rings is 2. The Morgan fingerprint density at radius 1 is 0.529 bits per heavy atom. The highest BCUT2D eigenvalue weighted by Gasteiger charge is 2.07. The van der Waals surface area contributed by atoms with Gasteiger partial charge in [0, 0.05) is 0 Å². The van der Waals surface area contributed by atoms with Gasteiger partial charge in [-0.05, 0) is 68.0 Å². The van der Waals surface area contributed by atoms with Crippen molar-refractivity contribution in [1.82, 2.24) is 0 Å². The van der Waals surface area contributed by atoms with E-state index in [1.807, 2.05) is 0 Å². The molecule has 17 heavy (non-hydrogen) atoms. The van der Waals surface area contributed by atoms with Crippen molar-refractivity contribution < 1.29 is 0 Å². The predicted molar refractivity (Wildman–Crippen MR) is 75.6 cm³/mol. The van der Waals surface area contributed by atoms with Crippen molar-refractivity contribution in [3.63, 3.8) is 0 Å². The molecule has 2 aromatic carbocycles. The molecule has 0 aliphatic heterocycles. The van der Waals surface area contributed by atoms with E-state index in [0.29, 0.717) is 0 Å². The third-order valence-electron chi connectivity index (χ3n) is 3.51. The minimum atomic E-state index is 1.33. The van der Waals surface area contributed by atoms with Gasteiger partial charge < -0.3 is 0 Å². The van der Waals surface area contributed by atoms with Crippen LogP contribution >= 0.6 is 0 Å². The molecule has 0 saturated heterocycles. The lowest BCUT2D eigenvalue weighted by atomic mass is 9.92. The van der Waals surface area contributed by atoms with Crippen LogP contribution in [0.2, 0.25) is 0 Å². The maximum Gasteiger partial charge on any atom is -0.0149 e. The first-order chi connectivity index (χ1) is 7.99. The lowest BCUT2D eigenvalue weighted by Gasteiger charge is -2.13. The molecule has 0 N–H and O–H groups in total. The molecule has 0 saturated carbocycles. The molecule has 88 valence electrons. The van der Waals surface area contributed by atoms with E-state index in [-0.39, 0.29) is 0 Å². The Kier molecular flexibility index (Phi) is 3.06. The van der Waals surface area contributed by atoms with Crippen molar-refractivity contribution in [3.05, 3.63) is 58.1 Å². The summed E-state index contributed by atoms with van der Waals surface area (Å²) in [4.78, 5) is 0. The van der Waals surface area contributed by atoms with Crippen LogP contribution in [0.5, 0.6) is 0 Å². The summed E-state index contributed by atoms with van der Waals surface area (Å²) in [6, 6.07) is 11.3. The zero-order valence-corrected chi connectivity index (χ0v) is 11.4. The van der Waals surface area contributed by atoms with E-state index in [9.17, 15) is 0 Å². The monoisotopic (exact) mass is 224 g/mol. The average Bonchev–Trinajstić information content (AvgIpc) is 2.24. The van der Waals surface area contributed by atoms with Crippen LogP contribution in [0, 0.1) is 34.6 Å². The molecule has 0 unspecified atom stereocenters. The van der Waals surface area contributed by atoms with E-state index in [2.05, 4.69) is 65.0 Å². The molecule has 0 nitrogen and oxygen atoms in total. The van der Waals surface area contributed by atoms with Gasteiger partial charge in [0.05, 0.1) is 0 Å². The lowest BCUT2D eigenvalue weighted by Crippen LogP contribution is -1.91. The van der Waals surface area contributed by atoms with Crippen molar-refractivity contribution in [2.24, 2.45) is 0 Å². The van der Waals surface area contributed by atoms with Gasteiger partial charge in [-0.1, -0.05) is 35.9 Å². The number of rotatable bonds is 1. The van der Waals surface area contributed by atoms with Crippen molar-refractivity contribution >= 4 is 0 Å². The fourth-order valence-electron chi connectivity index (χ4n) is 2.37. The van der Waals surface area contributed by atoms with Gasteiger partial charge in [0.15, 0.2) is 0 Å². The highest BCUT2D eigenvalue weighted by atomic mass is 14.1. The van der Waals surface area contributed by atoms with Crippen molar-refractivity contribution in [1.29, 1.82) is 0 Å². The molecule has 2 aromatic rings. The summed E-state index contributed by atoms with van der Waals surface area (Å²) in [5.74, 6) is 0. The molecular formula is C17H20. The maximum absolute atomic E-state index is 2.31. The second kappa shape index (κ2) is 4.37. The van der Waals surface area contributed by atoms with Crippen LogP contribution in [0.15, 0.2) is 30.3 Å². The Labute approximate surface area is 104 Å². The summed E-state index contributed by atoms with van der Waals surface area (Å²) in [7, 11) is 0. The largest absolute Gasteiger partial charge is 0.0587 e. The molecule has 2 rings (SSSR count). The number of hydrogen-bond donors (Lipinski definition) is 0. The standard InChI is InChI=1S/C17H20/c1-11-6-7-16(14(4)8-11)17-10-13(3)12(2)9-15(17)5/h6-10H,1-5H3. The minimum Gasteiger partial charge on any atom is -0.0587 e. The molecule has 0 radical (unpaired) electrons. The predicted octanol–water partition coefficient (Wildman–Crippen LogP) is 4.90. The van der Waals surface area contributed by atoms with Gasteiger partial charge in [-0.2, -0.15) is 0 Å². The Bertz CT molecular complexity index is 562. The minimum absolute atomic E-state index is 1.33. The van der Waals surface area contributed by atoms with Crippen molar-refractivity contribution in [3.8, 4) is 11.1 Å². The maximum atomic E-state index is 2.31. The van der Waals surface area contributed by atoms with E-state index in [4.69, 9.17) is 0 Å². The third kappa shape index (κ3) is 2.26. The van der Waals surface area contributed by atoms with Gasteiger partial charge in [-0.25, -0.2) is 0 Å². The molecule has 0 aliphatic rings. The Morgan fingerprint density at radius 3 is 1.76 bits per heavy atom. The summed E-state index contributed by atoms with van der Waals surface area (Å²) in [6.07, 6.45) is 0. The fraction of sp³-hybridized carbons (Fsp3) is 0.294. The highest BCUT2D eigenvalue weighted by molar-refractivity contribution is 5.72. The Morgan fingerprint density at radius 2 is 1.12 bits per heavy atom. The summed E-state index contributed by atoms with van der Waals surface area (Å²) >= 11 is 0. The first-order valence-corrected chi connectivity index (χ1v) is 6.14. The van der Waals surface area contributed by atoms with Crippen LogP contribution in [0.25, 0.3) is 11.1 Å². The molecular weight excluding hydrogens is 204 g/mol.